The summed E-state index contributed by atoms with van der Waals surface area (Å²) in [5.74, 6) is 1.57. The van der Waals surface area contributed by atoms with E-state index in [-0.39, 0.29) is 0 Å². The SMILES string of the molecule is COc1ccc(CN2CCCCC2CN)cc1OC. The van der Waals surface area contributed by atoms with Gasteiger partial charge in [-0.25, -0.2) is 0 Å². The van der Waals surface area contributed by atoms with Gasteiger partial charge in [-0.2, -0.15) is 0 Å². The number of hydrogen-bond donors (Lipinski definition) is 1. The largest absolute Gasteiger partial charge is 0.493 e. The van der Waals surface area contributed by atoms with E-state index in [1.807, 2.05) is 6.07 Å². The van der Waals surface area contributed by atoms with E-state index in [0.29, 0.717) is 6.04 Å². The lowest BCUT2D eigenvalue weighted by Crippen LogP contribution is -2.43. The second-order valence-electron chi connectivity index (χ2n) is 5.05. The van der Waals surface area contributed by atoms with E-state index in [2.05, 4.69) is 17.0 Å². The van der Waals surface area contributed by atoms with Gasteiger partial charge in [-0.15, -0.1) is 0 Å². The van der Waals surface area contributed by atoms with Crippen molar-refractivity contribution in [2.24, 2.45) is 5.73 Å². The summed E-state index contributed by atoms with van der Waals surface area (Å²) in [7, 11) is 3.33. The van der Waals surface area contributed by atoms with Crippen LogP contribution in [0.25, 0.3) is 0 Å². The van der Waals surface area contributed by atoms with Gasteiger partial charge in [0.1, 0.15) is 0 Å². The van der Waals surface area contributed by atoms with Crippen molar-refractivity contribution >= 4 is 0 Å². The summed E-state index contributed by atoms with van der Waals surface area (Å²) in [6.45, 7) is 2.81. The standard InChI is InChI=1S/C15H24N2O2/c1-18-14-7-6-12(9-15(14)19-2)11-17-8-4-3-5-13(17)10-16/h6-7,9,13H,3-5,8,10-11,16H2,1-2H3. The Kier molecular flexibility index (Phi) is 5.05. The topological polar surface area (TPSA) is 47.7 Å². The van der Waals surface area contributed by atoms with Crippen molar-refractivity contribution < 1.29 is 9.47 Å². The van der Waals surface area contributed by atoms with Crippen LogP contribution in [0.15, 0.2) is 18.2 Å². The maximum absolute atomic E-state index is 5.86. The molecular weight excluding hydrogens is 240 g/mol. The number of nitrogens with zero attached hydrogens (tertiary/aromatic N) is 1. The molecule has 1 unspecified atom stereocenters. The zero-order valence-corrected chi connectivity index (χ0v) is 11.9. The Hall–Kier alpha value is -1.26. The normalized spacial score (nSPS) is 20.3. The Bertz CT molecular complexity index is 409. The van der Waals surface area contributed by atoms with Crippen molar-refractivity contribution in [2.75, 3.05) is 27.3 Å². The van der Waals surface area contributed by atoms with E-state index in [1.165, 1.54) is 24.8 Å². The van der Waals surface area contributed by atoms with E-state index in [0.717, 1.165) is 31.1 Å². The molecule has 0 radical (unpaired) electrons. The first-order valence-electron chi connectivity index (χ1n) is 6.93. The van der Waals surface area contributed by atoms with Gasteiger partial charge in [0.05, 0.1) is 14.2 Å². The number of piperidine rings is 1. The molecular formula is C15H24N2O2. The number of benzene rings is 1. The average Bonchev–Trinajstić information content (AvgIpc) is 2.47. The molecule has 4 nitrogen and oxygen atoms in total. The van der Waals surface area contributed by atoms with Gasteiger partial charge in [-0.1, -0.05) is 12.5 Å². The Morgan fingerprint density at radius 3 is 2.68 bits per heavy atom. The summed E-state index contributed by atoms with van der Waals surface area (Å²) in [5, 5.41) is 0. The Labute approximate surface area is 115 Å². The van der Waals surface area contributed by atoms with E-state index in [9.17, 15) is 0 Å². The van der Waals surface area contributed by atoms with Crippen molar-refractivity contribution in [3.8, 4) is 11.5 Å². The fourth-order valence-corrected chi connectivity index (χ4v) is 2.75. The summed E-state index contributed by atoms with van der Waals surface area (Å²) in [4.78, 5) is 2.48. The third-order valence-electron chi connectivity index (χ3n) is 3.85. The van der Waals surface area contributed by atoms with Crippen molar-refractivity contribution in [2.45, 2.75) is 31.8 Å². The lowest BCUT2D eigenvalue weighted by Gasteiger charge is -2.35. The van der Waals surface area contributed by atoms with Gasteiger partial charge in [0.25, 0.3) is 0 Å². The lowest BCUT2D eigenvalue weighted by molar-refractivity contribution is 0.144. The molecule has 0 spiro atoms. The van der Waals surface area contributed by atoms with Crippen LogP contribution in [0.2, 0.25) is 0 Å². The molecule has 2 rings (SSSR count). The predicted molar refractivity (Wildman–Crippen MR) is 76.6 cm³/mol. The summed E-state index contributed by atoms with van der Waals surface area (Å²) in [6.07, 6.45) is 3.78. The molecule has 4 heteroatoms. The molecule has 0 aliphatic carbocycles. The predicted octanol–water partition coefficient (Wildman–Crippen LogP) is 2.02. The fourth-order valence-electron chi connectivity index (χ4n) is 2.75. The minimum absolute atomic E-state index is 0.516. The van der Waals surface area contributed by atoms with Crippen LogP contribution in [0, 0.1) is 0 Å². The van der Waals surface area contributed by atoms with Gasteiger partial charge < -0.3 is 15.2 Å². The number of nitrogens with two attached hydrogens (primary N) is 1. The van der Waals surface area contributed by atoms with Crippen molar-refractivity contribution in [3.63, 3.8) is 0 Å². The number of ether oxygens (including phenoxy) is 2. The van der Waals surface area contributed by atoms with E-state index in [4.69, 9.17) is 15.2 Å². The van der Waals surface area contributed by atoms with E-state index >= 15 is 0 Å². The minimum atomic E-state index is 0.516. The van der Waals surface area contributed by atoms with Crippen LogP contribution in [0.4, 0.5) is 0 Å². The quantitative estimate of drug-likeness (QED) is 0.884. The summed E-state index contributed by atoms with van der Waals surface area (Å²) in [5.41, 5.74) is 7.11. The smallest absolute Gasteiger partial charge is 0.161 e. The molecule has 0 amide bonds. The third kappa shape index (κ3) is 3.39. The Morgan fingerprint density at radius 1 is 1.21 bits per heavy atom. The lowest BCUT2D eigenvalue weighted by atomic mass is 10.0. The molecule has 1 aromatic rings. The average molecular weight is 264 g/mol. The van der Waals surface area contributed by atoms with Crippen molar-refractivity contribution in [3.05, 3.63) is 23.8 Å². The Morgan fingerprint density at radius 2 is 2.00 bits per heavy atom. The van der Waals surface area contributed by atoms with E-state index < -0.39 is 0 Å². The summed E-state index contributed by atoms with van der Waals surface area (Å²) in [6, 6.07) is 6.64. The number of likely N-dealkylation sites (tertiary alicyclic amines) is 1. The van der Waals surface area contributed by atoms with Crippen LogP contribution >= 0.6 is 0 Å². The molecule has 1 heterocycles. The molecule has 1 saturated heterocycles. The molecule has 1 aliphatic heterocycles. The zero-order valence-electron chi connectivity index (χ0n) is 11.9. The molecule has 19 heavy (non-hydrogen) atoms. The second kappa shape index (κ2) is 6.78. The van der Waals surface area contributed by atoms with Crippen LogP contribution in [0.5, 0.6) is 11.5 Å². The number of rotatable bonds is 5. The highest BCUT2D eigenvalue weighted by Gasteiger charge is 2.21. The fraction of sp³-hybridized carbons (Fsp3) is 0.600. The van der Waals surface area contributed by atoms with Gasteiger partial charge in [0.15, 0.2) is 11.5 Å². The molecule has 1 aliphatic rings. The van der Waals surface area contributed by atoms with Crippen molar-refractivity contribution in [1.82, 2.24) is 4.90 Å². The highest BCUT2D eigenvalue weighted by Crippen LogP contribution is 2.29. The van der Waals surface area contributed by atoms with Crippen LogP contribution in [0.3, 0.4) is 0 Å². The third-order valence-corrected chi connectivity index (χ3v) is 3.85. The second-order valence-corrected chi connectivity index (χ2v) is 5.05. The molecule has 106 valence electrons. The first-order valence-corrected chi connectivity index (χ1v) is 6.93. The molecule has 2 N–H and O–H groups in total. The summed E-state index contributed by atoms with van der Waals surface area (Å²) < 4.78 is 10.6. The molecule has 1 fully saturated rings. The van der Waals surface area contributed by atoms with Gasteiger partial charge in [-0.05, 0) is 37.1 Å². The zero-order chi connectivity index (χ0) is 13.7. The molecule has 0 bridgehead atoms. The van der Waals surface area contributed by atoms with Crippen LogP contribution in [-0.2, 0) is 6.54 Å². The molecule has 1 aromatic carbocycles. The Balaban J connectivity index is 2.09. The van der Waals surface area contributed by atoms with Crippen molar-refractivity contribution in [1.29, 1.82) is 0 Å². The highest BCUT2D eigenvalue weighted by atomic mass is 16.5. The first-order chi connectivity index (χ1) is 9.28. The van der Waals surface area contributed by atoms with Gasteiger partial charge in [0, 0.05) is 19.1 Å². The molecule has 1 atom stereocenters. The van der Waals surface area contributed by atoms with Gasteiger partial charge >= 0.3 is 0 Å². The van der Waals surface area contributed by atoms with Crippen LogP contribution in [-0.4, -0.2) is 38.3 Å². The van der Waals surface area contributed by atoms with Crippen LogP contribution in [0.1, 0.15) is 24.8 Å². The number of hydrogen-bond acceptors (Lipinski definition) is 4. The van der Waals surface area contributed by atoms with Gasteiger partial charge in [-0.3, -0.25) is 4.90 Å². The monoisotopic (exact) mass is 264 g/mol. The first kappa shape index (κ1) is 14.2. The maximum Gasteiger partial charge on any atom is 0.161 e. The molecule has 0 saturated carbocycles. The highest BCUT2D eigenvalue weighted by molar-refractivity contribution is 5.42. The van der Waals surface area contributed by atoms with Gasteiger partial charge in [0.2, 0.25) is 0 Å². The number of methoxy groups -OCH3 is 2. The van der Waals surface area contributed by atoms with E-state index in [1.54, 1.807) is 14.2 Å². The minimum Gasteiger partial charge on any atom is -0.493 e. The maximum atomic E-state index is 5.86. The molecule has 0 aromatic heterocycles. The van der Waals surface area contributed by atoms with Crippen LogP contribution < -0.4 is 15.2 Å². The summed E-state index contributed by atoms with van der Waals surface area (Å²) >= 11 is 0.